The first-order valence-corrected chi connectivity index (χ1v) is 12.8. The number of hydrogen-bond donors (Lipinski definition) is 2. The zero-order valence-corrected chi connectivity index (χ0v) is 18.8. The zero-order valence-electron chi connectivity index (χ0n) is 17.2. The molecule has 3 heterocycles. The zero-order chi connectivity index (χ0) is 22.1. The van der Waals surface area contributed by atoms with Crippen LogP contribution in [-0.2, 0) is 14.8 Å². The first kappa shape index (κ1) is 21.0. The molecular weight excluding hydrogens is 448 g/mol. The fraction of sp³-hybridized carbons (Fsp3) is 0.286. The van der Waals surface area contributed by atoms with Crippen LogP contribution in [0.5, 0.6) is 0 Å². The van der Waals surface area contributed by atoms with Gasteiger partial charge < -0.3 is 5.32 Å². The van der Waals surface area contributed by atoms with Gasteiger partial charge in [-0.3, -0.25) is 9.20 Å². The van der Waals surface area contributed by atoms with Crippen molar-refractivity contribution in [3.05, 3.63) is 48.5 Å². The summed E-state index contributed by atoms with van der Waals surface area (Å²) in [6.45, 7) is 1.08. The number of H-pyrrole nitrogens is 1. The average Bonchev–Trinajstić information content (AvgIpc) is 3.38. The van der Waals surface area contributed by atoms with Crippen LogP contribution in [0.1, 0.15) is 19.3 Å². The summed E-state index contributed by atoms with van der Waals surface area (Å²) >= 11 is 1.28. The Labute approximate surface area is 189 Å². The second-order valence-corrected chi connectivity index (χ2v) is 10.5. The Morgan fingerprint density at radius 2 is 1.91 bits per heavy atom. The third-order valence-corrected chi connectivity index (χ3v) is 8.24. The van der Waals surface area contributed by atoms with Crippen LogP contribution in [0.2, 0.25) is 0 Å². The van der Waals surface area contributed by atoms with Gasteiger partial charge in [0.2, 0.25) is 21.7 Å². The molecule has 1 amide bonds. The molecule has 0 atom stereocenters. The number of aromatic nitrogens is 4. The maximum Gasteiger partial charge on any atom is 0.243 e. The number of amides is 1. The second-order valence-electron chi connectivity index (χ2n) is 7.60. The number of sulfonamides is 1. The molecule has 5 rings (SSSR count). The van der Waals surface area contributed by atoms with Crippen LogP contribution in [-0.4, -0.2) is 57.1 Å². The summed E-state index contributed by atoms with van der Waals surface area (Å²) in [5.41, 5.74) is 2.21. The number of piperidine rings is 1. The van der Waals surface area contributed by atoms with Crippen LogP contribution < -0.4 is 5.32 Å². The summed E-state index contributed by atoms with van der Waals surface area (Å²) in [6, 6.07) is 14.1. The first-order chi connectivity index (χ1) is 15.5. The van der Waals surface area contributed by atoms with Crippen LogP contribution in [0.3, 0.4) is 0 Å². The van der Waals surface area contributed by atoms with Crippen molar-refractivity contribution in [1.82, 2.24) is 23.9 Å². The van der Waals surface area contributed by atoms with Gasteiger partial charge in [-0.05, 0) is 43.2 Å². The number of nitrogens with one attached hydrogen (secondary N) is 2. The summed E-state index contributed by atoms with van der Waals surface area (Å²) in [7, 11) is -3.55. The molecule has 2 aromatic carbocycles. The van der Waals surface area contributed by atoms with Crippen molar-refractivity contribution in [1.29, 1.82) is 0 Å². The van der Waals surface area contributed by atoms with Crippen molar-refractivity contribution in [3.8, 4) is 0 Å². The van der Waals surface area contributed by atoms with Crippen LogP contribution in [0.25, 0.3) is 16.8 Å². The number of thioether (sulfide) groups is 1. The number of imidazole rings is 1. The molecule has 2 N–H and O–H groups in total. The summed E-state index contributed by atoms with van der Waals surface area (Å²) in [4.78, 5) is 17.2. The Balaban J connectivity index is 1.28. The average molecular weight is 471 g/mol. The lowest BCUT2D eigenvalue weighted by Gasteiger charge is -2.26. The fourth-order valence-corrected chi connectivity index (χ4v) is 6.18. The Hall–Kier alpha value is -2.89. The molecule has 0 radical (unpaired) electrons. The van der Waals surface area contributed by atoms with E-state index in [0.717, 1.165) is 30.3 Å². The molecule has 4 aromatic rings. The maximum absolute atomic E-state index is 12.9. The molecule has 0 saturated carbocycles. The van der Waals surface area contributed by atoms with Crippen LogP contribution in [0.15, 0.2) is 58.6 Å². The fourth-order valence-electron chi connectivity index (χ4n) is 3.86. The van der Waals surface area contributed by atoms with Crippen molar-refractivity contribution in [2.75, 3.05) is 24.2 Å². The Morgan fingerprint density at radius 1 is 1.09 bits per heavy atom. The molecule has 32 heavy (non-hydrogen) atoms. The van der Waals surface area contributed by atoms with Crippen LogP contribution >= 0.6 is 11.8 Å². The number of rotatable bonds is 6. The van der Waals surface area contributed by atoms with Gasteiger partial charge >= 0.3 is 0 Å². The third-order valence-electron chi connectivity index (χ3n) is 5.41. The molecule has 2 aromatic heterocycles. The van der Waals surface area contributed by atoms with E-state index in [4.69, 9.17) is 0 Å². The van der Waals surface area contributed by atoms with Gasteiger partial charge in [-0.1, -0.05) is 36.4 Å². The van der Waals surface area contributed by atoms with Crippen LogP contribution in [0, 0.1) is 0 Å². The lowest BCUT2D eigenvalue weighted by Crippen LogP contribution is -2.35. The van der Waals surface area contributed by atoms with E-state index in [1.165, 1.54) is 22.1 Å². The van der Waals surface area contributed by atoms with Gasteiger partial charge in [0, 0.05) is 18.8 Å². The standard InChI is InChI=1S/C21H22N6O3S2/c28-19(14-31-21-25-24-20-23-17-9-2-3-10-18(17)27(20)21)22-15-7-6-8-16(13-15)32(29,30)26-11-4-1-5-12-26/h2-3,6-10,13H,1,4-5,11-12,14H2,(H,22,28)(H,23,24). The molecule has 9 nitrogen and oxygen atoms in total. The Bertz CT molecular complexity index is 1390. The number of benzene rings is 2. The van der Waals surface area contributed by atoms with Gasteiger partial charge in [0.05, 0.1) is 21.7 Å². The van der Waals surface area contributed by atoms with E-state index < -0.39 is 10.0 Å². The van der Waals surface area contributed by atoms with Gasteiger partial charge in [-0.25, -0.2) is 18.5 Å². The van der Waals surface area contributed by atoms with Gasteiger partial charge in [0.1, 0.15) is 0 Å². The highest BCUT2D eigenvalue weighted by molar-refractivity contribution is 7.99. The predicted octanol–water partition coefficient (Wildman–Crippen LogP) is 3.12. The van der Waals surface area contributed by atoms with Crippen molar-refractivity contribution >= 4 is 50.2 Å². The number of anilines is 1. The third kappa shape index (κ3) is 3.98. The Morgan fingerprint density at radius 3 is 2.75 bits per heavy atom. The molecule has 0 spiro atoms. The number of carbonyl (C=O) groups is 1. The minimum absolute atomic E-state index is 0.121. The molecule has 0 aliphatic carbocycles. The van der Waals surface area contributed by atoms with E-state index >= 15 is 0 Å². The van der Waals surface area contributed by atoms with Crippen molar-refractivity contribution in [3.63, 3.8) is 0 Å². The SMILES string of the molecule is O=C(CSc1n[nH]c2nc3ccccc3n12)Nc1cccc(S(=O)(=O)N2CCCCC2)c1. The molecular formula is C21H22N6O3S2. The van der Waals surface area contributed by atoms with Crippen LogP contribution in [0.4, 0.5) is 5.69 Å². The van der Waals surface area contributed by atoms with Gasteiger partial charge in [0.15, 0.2) is 5.16 Å². The van der Waals surface area contributed by atoms with E-state index in [0.29, 0.717) is 29.7 Å². The van der Waals surface area contributed by atoms with Crippen molar-refractivity contribution < 1.29 is 13.2 Å². The summed E-state index contributed by atoms with van der Waals surface area (Å²) in [5, 5.41) is 10.6. The molecule has 166 valence electrons. The monoisotopic (exact) mass is 470 g/mol. The normalized spacial score (nSPS) is 15.4. The molecule has 1 aliphatic rings. The maximum atomic E-state index is 12.9. The largest absolute Gasteiger partial charge is 0.325 e. The quantitative estimate of drug-likeness (QED) is 0.419. The van der Waals surface area contributed by atoms with E-state index in [1.54, 1.807) is 18.2 Å². The van der Waals surface area contributed by atoms with Gasteiger partial charge in [-0.2, -0.15) is 4.31 Å². The highest BCUT2D eigenvalue weighted by Crippen LogP contribution is 2.25. The number of nitrogens with zero attached hydrogens (tertiary/aromatic N) is 4. The lowest BCUT2D eigenvalue weighted by atomic mass is 10.2. The van der Waals surface area contributed by atoms with Crippen molar-refractivity contribution in [2.24, 2.45) is 0 Å². The minimum atomic E-state index is -3.55. The van der Waals surface area contributed by atoms with E-state index in [-0.39, 0.29) is 16.6 Å². The van der Waals surface area contributed by atoms with E-state index in [9.17, 15) is 13.2 Å². The highest BCUT2D eigenvalue weighted by atomic mass is 32.2. The molecule has 0 unspecified atom stereocenters. The Kier molecular flexibility index (Phi) is 5.62. The number of para-hydroxylation sites is 2. The van der Waals surface area contributed by atoms with E-state index in [1.807, 2.05) is 28.7 Å². The van der Waals surface area contributed by atoms with E-state index in [2.05, 4.69) is 20.5 Å². The molecule has 0 bridgehead atoms. The smallest absolute Gasteiger partial charge is 0.243 e. The summed E-state index contributed by atoms with van der Waals surface area (Å²) in [6.07, 6.45) is 2.80. The molecule has 11 heteroatoms. The summed E-state index contributed by atoms with van der Waals surface area (Å²) < 4.78 is 29.2. The molecule has 1 fully saturated rings. The first-order valence-electron chi connectivity index (χ1n) is 10.4. The topological polar surface area (TPSA) is 112 Å². The molecule has 1 saturated heterocycles. The number of hydrogen-bond acceptors (Lipinski definition) is 6. The highest BCUT2D eigenvalue weighted by Gasteiger charge is 2.26. The predicted molar refractivity (Wildman–Crippen MR) is 123 cm³/mol. The number of carbonyl (C=O) groups excluding carboxylic acids is 1. The second kappa shape index (κ2) is 8.57. The number of aromatic amines is 1. The minimum Gasteiger partial charge on any atom is -0.325 e. The number of fused-ring (bicyclic) bond motifs is 3. The van der Waals surface area contributed by atoms with Gasteiger partial charge in [-0.15, -0.1) is 5.10 Å². The summed E-state index contributed by atoms with van der Waals surface area (Å²) in [5.74, 6) is 0.489. The van der Waals surface area contributed by atoms with Gasteiger partial charge in [0.25, 0.3) is 0 Å². The molecule has 1 aliphatic heterocycles. The lowest BCUT2D eigenvalue weighted by molar-refractivity contribution is -0.113. The van der Waals surface area contributed by atoms with Crippen molar-refractivity contribution in [2.45, 2.75) is 29.3 Å².